The topological polar surface area (TPSA) is 37.7 Å². The van der Waals surface area contributed by atoms with E-state index in [1.165, 1.54) is 34.7 Å². The molecular formula is C18H21F3N3OS+. The fourth-order valence-electron chi connectivity index (χ4n) is 2.37. The van der Waals surface area contributed by atoms with Crippen LogP contribution in [-0.2, 0) is 13.1 Å². The Labute approximate surface area is 156 Å². The molecule has 3 N–H and O–H groups in total. The van der Waals surface area contributed by atoms with E-state index in [4.69, 9.17) is 12.2 Å². The van der Waals surface area contributed by atoms with Gasteiger partial charge in [0.1, 0.15) is 12.3 Å². The first-order valence-electron chi connectivity index (χ1n) is 7.99. The number of benzene rings is 2. The summed E-state index contributed by atoms with van der Waals surface area (Å²) < 4.78 is 40.3. The van der Waals surface area contributed by atoms with Gasteiger partial charge in [0.05, 0.1) is 14.1 Å². The predicted molar refractivity (Wildman–Crippen MR) is 99.1 cm³/mol. The number of alkyl halides is 3. The van der Waals surface area contributed by atoms with E-state index in [1.54, 1.807) is 0 Å². The highest BCUT2D eigenvalue weighted by Gasteiger charge is 2.30. The van der Waals surface area contributed by atoms with Crippen molar-refractivity contribution >= 4 is 23.0 Å². The third kappa shape index (κ3) is 6.89. The van der Waals surface area contributed by atoms with Gasteiger partial charge < -0.3 is 20.3 Å². The molecule has 0 unspecified atom stereocenters. The minimum absolute atomic E-state index is 0.276. The van der Waals surface area contributed by atoms with E-state index in [9.17, 15) is 13.2 Å². The van der Waals surface area contributed by atoms with E-state index in [-0.39, 0.29) is 5.75 Å². The normalized spacial score (nSPS) is 11.3. The summed E-state index contributed by atoms with van der Waals surface area (Å²) in [5, 5.41) is 6.44. The fraction of sp³-hybridized carbons (Fsp3) is 0.278. The Balaban J connectivity index is 1.89. The van der Waals surface area contributed by atoms with Crippen LogP contribution >= 0.6 is 12.2 Å². The van der Waals surface area contributed by atoms with Crippen molar-refractivity contribution in [2.24, 2.45) is 0 Å². The van der Waals surface area contributed by atoms with Crippen LogP contribution in [0.15, 0.2) is 48.5 Å². The Morgan fingerprint density at radius 1 is 1.04 bits per heavy atom. The summed E-state index contributed by atoms with van der Waals surface area (Å²) in [5.41, 5.74) is 2.95. The van der Waals surface area contributed by atoms with Crippen molar-refractivity contribution in [1.82, 2.24) is 5.32 Å². The molecule has 0 amide bonds. The molecule has 2 aromatic carbocycles. The van der Waals surface area contributed by atoms with E-state index in [0.29, 0.717) is 17.3 Å². The molecule has 0 saturated heterocycles. The highest BCUT2D eigenvalue weighted by atomic mass is 32.1. The minimum Gasteiger partial charge on any atom is -0.406 e. The molecule has 0 spiro atoms. The highest BCUT2D eigenvalue weighted by molar-refractivity contribution is 7.80. The first kappa shape index (κ1) is 20.0. The van der Waals surface area contributed by atoms with Gasteiger partial charge >= 0.3 is 6.36 Å². The summed E-state index contributed by atoms with van der Waals surface area (Å²) in [7, 11) is 4.17. The van der Waals surface area contributed by atoms with Crippen molar-refractivity contribution in [3.05, 3.63) is 59.7 Å². The van der Waals surface area contributed by atoms with Gasteiger partial charge in [-0.2, -0.15) is 0 Å². The lowest BCUT2D eigenvalue weighted by molar-refractivity contribution is -0.872. The second-order valence-electron chi connectivity index (χ2n) is 6.03. The van der Waals surface area contributed by atoms with Crippen LogP contribution in [-0.4, -0.2) is 25.6 Å². The number of quaternary nitrogens is 1. The van der Waals surface area contributed by atoms with Crippen molar-refractivity contribution in [3.63, 3.8) is 0 Å². The van der Waals surface area contributed by atoms with Gasteiger partial charge in [0.15, 0.2) is 5.11 Å². The van der Waals surface area contributed by atoms with Gasteiger partial charge in [0, 0.05) is 17.8 Å². The van der Waals surface area contributed by atoms with E-state index in [1.807, 2.05) is 18.2 Å². The first-order chi connectivity index (χ1) is 12.2. The van der Waals surface area contributed by atoms with Crippen LogP contribution in [0.25, 0.3) is 0 Å². The molecule has 8 heteroatoms. The zero-order chi connectivity index (χ0) is 19.2. The maximum atomic E-state index is 12.2. The molecule has 0 aliphatic carbocycles. The maximum Gasteiger partial charge on any atom is 0.573 e. The number of anilines is 1. The molecule has 0 radical (unpaired) electrons. The largest absolute Gasteiger partial charge is 0.573 e. The van der Waals surface area contributed by atoms with Crippen molar-refractivity contribution in [2.45, 2.75) is 19.5 Å². The highest BCUT2D eigenvalue weighted by Crippen LogP contribution is 2.23. The monoisotopic (exact) mass is 384 g/mol. The predicted octanol–water partition coefficient (Wildman–Crippen LogP) is 2.72. The minimum atomic E-state index is -4.70. The van der Waals surface area contributed by atoms with Crippen LogP contribution in [0.5, 0.6) is 5.75 Å². The van der Waals surface area contributed by atoms with E-state index in [0.717, 1.165) is 12.1 Å². The average molecular weight is 384 g/mol. The number of halogens is 3. The smallest absolute Gasteiger partial charge is 0.406 e. The third-order valence-electron chi connectivity index (χ3n) is 3.45. The zero-order valence-electron chi connectivity index (χ0n) is 14.5. The van der Waals surface area contributed by atoms with Gasteiger partial charge in [-0.1, -0.05) is 24.3 Å². The quantitative estimate of drug-likeness (QED) is 0.670. The molecule has 0 fully saturated rings. The lowest BCUT2D eigenvalue weighted by atomic mass is 10.1. The van der Waals surface area contributed by atoms with Crippen molar-refractivity contribution in [2.75, 3.05) is 19.4 Å². The SMILES string of the molecule is C[NH+](C)Cc1ccccc1CNC(=S)Nc1ccc(OC(F)(F)F)cc1. The summed E-state index contributed by atoms with van der Waals surface area (Å²) in [6, 6.07) is 13.5. The van der Waals surface area contributed by atoms with Crippen molar-refractivity contribution in [3.8, 4) is 5.75 Å². The van der Waals surface area contributed by atoms with Crippen LogP contribution in [0.1, 0.15) is 11.1 Å². The van der Waals surface area contributed by atoms with Crippen molar-refractivity contribution in [1.29, 1.82) is 0 Å². The Morgan fingerprint density at radius 3 is 2.23 bits per heavy atom. The number of hydrogen-bond acceptors (Lipinski definition) is 2. The van der Waals surface area contributed by atoms with E-state index >= 15 is 0 Å². The Morgan fingerprint density at radius 2 is 1.65 bits per heavy atom. The summed E-state index contributed by atoms with van der Waals surface area (Å²) in [6.07, 6.45) is -4.70. The fourth-order valence-corrected chi connectivity index (χ4v) is 2.56. The van der Waals surface area contributed by atoms with Crippen LogP contribution in [0, 0.1) is 0 Å². The van der Waals surface area contributed by atoms with Gasteiger partial charge in [-0.3, -0.25) is 0 Å². The molecule has 2 rings (SSSR count). The van der Waals surface area contributed by atoms with Gasteiger partial charge in [0.25, 0.3) is 0 Å². The van der Waals surface area contributed by atoms with Gasteiger partial charge in [-0.15, -0.1) is 13.2 Å². The Bertz CT molecular complexity index is 733. The number of hydrogen-bond donors (Lipinski definition) is 3. The molecule has 4 nitrogen and oxygen atoms in total. The standard InChI is InChI=1S/C18H20F3N3OS/c1-24(2)12-14-6-4-3-5-13(14)11-22-17(26)23-15-7-9-16(10-8-15)25-18(19,20)21/h3-10H,11-12H2,1-2H3,(H2,22,23,26)/p+1. The van der Waals surface area contributed by atoms with Gasteiger partial charge in [-0.25, -0.2) is 0 Å². The third-order valence-corrected chi connectivity index (χ3v) is 3.69. The molecule has 26 heavy (non-hydrogen) atoms. The van der Waals surface area contributed by atoms with Crippen LogP contribution < -0.4 is 20.3 Å². The van der Waals surface area contributed by atoms with Crippen molar-refractivity contribution < 1.29 is 22.8 Å². The molecule has 0 aromatic heterocycles. The summed E-state index contributed by atoms with van der Waals surface area (Å²) in [4.78, 5) is 1.32. The number of nitrogens with one attached hydrogen (secondary N) is 3. The number of thiocarbonyl (C=S) groups is 1. The second-order valence-corrected chi connectivity index (χ2v) is 6.44. The molecule has 2 aromatic rings. The zero-order valence-corrected chi connectivity index (χ0v) is 15.3. The molecule has 0 aliphatic rings. The molecular weight excluding hydrogens is 363 g/mol. The van der Waals surface area contributed by atoms with E-state index in [2.05, 4.69) is 35.5 Å². The van der Waals surface area contributed by atoms with Gasteiger partial charge in [0.2, 0.25) is 0 Å². The molecule has 0 bridgehead atoms. The first-order valence-corrected chi connectivity index (χ1v) is 8.40. The number of rotatable bonds is 6. The Hall–Kier alpha value is -2.32. The molecule has 0 atom stereocenters. The summed E-state index contributed by atoms with van der Waals surface area (Å²) >= 11 is 5.25. The van der Waals surface area contributed by atoms with Crippen LogP contribution in [0.2, 0.25) is 0 Å². The van der Waals surface area contributed by atoms with Gasteiger partial charge in [-0.05, 0) is 42.0 Å². The molecule has 140 valence electrons. The van der Waals surface area contributed by atoms with E-state index < -0.39 is 6.36 Å². The second kappa shape index (κ2) is 8.86. The molecule has 0 heterocycles. The van der Waals surface area contributed by atoms with Crippen LogP contribution in [0.4, 0.5) is 18.9 Å². The summed E-state index contributed by atoms with van der Waals surface area (Å²) in [5.74, 6) is -0.276. The average Bonchev–Trinajstić information content (AvgIpc) is 2.54. The lowest BCUT2D eigenvalue weighted by Crippen LogP contribution is -3.04. The molecule has 0 aliphatic heterocycles. The number of ether oxygens (including phenoxy) is 1. The molecule has 0 saturated carbocycles. The Kier molecular flexibility index (Phi) is 6.82. The lowest BCUT2D eigenvalue weighted by Gasteiger charge is -2.15. The van der Waals surface area contributed by atoms with Crippen LogP contribution in [0.3, 0.4) is 0 Å². The summed E-state index contributed by atoms with van der Waals surface area (Å²) in [6.45, 7) is 1.46. The maximum absolute atomic E-state index is 12.2.